The zero-order chi connectivity index (χ0) is 41.5. The molecule has 2 aromatic heterocycles. The van der Waals surface area contributed by atoms with Crippen LogP contribution in [-0.4, -0.2) is 15.8 Å². The maximum atomic E-state index is 2.76. The summed E-state index contributed by atoms with van der Waals surface area (Å²) in [6, 6.07) is 55.5. The van der Waals surface area contributed by atoms with Crippen LogP contribution in [0.4, 0.5) is 0 Å². The van der Waals surface area contributed by atoms with Crippen molar-refractivity contribution in [2.24, 2.45) is 0 Å². The van der Waals surface area contributed by atoms with Crippen LogP contribution in [0.2, 0.25) is 0 Å². The Morgan fingerprint density at radius 1 is 0.468 bits per heavy atom. The van der Waals surface area contributed by atoms with Crippen LogP contribution in [0.25, 0.3) is 77.6 Å². The lowest BCUT2D eigenvalue weighted by molar-refractivity contribution is 0.745. The molecular formula is C59H45BN2. The number of rotatable bonds is 4. The van der Waals surface area contributed by atoms with Gasteiger partial charge in [-0.1, -0.05) is 157 Å². The topological polar surface area (TPSA) is 9.86 Å². The first-order valence-corrected chi connectivity index (χ1v) is 22.7. The number of para-hydroxylation sites is 1. The van der Waals surface area contributed by atoms with Crippen molar-refractivity contribution in [3.8, 4) is 44.9 Å². The van der Waals surface area contributed by atoms with Crippen LogP contribution in [0.3, 0.4) is 0 Å². The standard InChI is InChI=1S/C59H45BN2/c1-7-36-28-43-44-29-37(8-2)31-50-57(44)62-55(43)48(30-36)59(46-26-34(5)16-22-40(46)41-23-17-35(6)27-47(41)59)45-24-25-51-53(58(45)62)60(50)49-11-9-10-42-52(38-18-12-32(3)13-19-38)54(61(51)56(42)49)39-20-14-33(4)15-21-39/h9-31H,7-8H2,1-6H3. The second-order valence-electron chi connectivity index (χ2n) is 18.9. The van der Waals surface area contributed by atoms with E-state index >= 15 is 0 Å². The SMILES string of the molecule is CCc1cc2c3c(c1)c1cc(CC)cc4c1n3-c1c(ccc3c1B2c1cccc2c(-c5ccc(C)cc5)c(-c5ccc(C)cc5)n-3c12)C41c2cc(C)ccc2-c2ccc(C)cc21. The number of aromatic nitrogens is 2. The molecule has 0 saturated carbocycles. The molecule has 4 aliphatic rings. The van der Waals surface area contributed by atoms with Crippen molar-refractivity contribution in [2.45, 2.75) is 59.8 Å². The molecule has 0 radical (unpaired) electrons. The van der Waals surface area contributed by atoms with Crippen molar-refractivity contribution >= 4 is 55.8 Å². The van der Waals surface area contributed by atoms with E-state index < -0.39 is 5.41 Å². The van der Waals surface area contributed by atoms with E-state index in [-0.39, 0.29) is 6.71 Å². The van der Waals surface area contributed by atoms with Crippen molar-refractivity contribution in [1.29, 1.82) is 0 Å². The molecule has 3 aliphatic heterocycles. The number of benzene rings is 8. The summed E-state index contributed by atoms with van der Waals surface area (Å²) in [7, 11) is 0. The molecule has 10 aromatic rings. The van der Waals surface area contributed by atoms with Gasteiger partial charge in [0.05, 0.1) is 16.6 Å². The van der Waals surface area contributed by atoms with E-state index in [0.717, 1.165) is 12.8 Å². The fraction of sp³-hybridized carbons (Fsp3) is 0.153. The van der Waals surface area contributed by atoms with Crippen LogP contribution < -0.4 is 16.4 Å². The maximum absolute atomic E-state index is 2.76. The van der Waals surface area contributed by atoms with Gasteiger partial charge in [-0.2, -0.15) is 0 Å². The minimum Gasteiger partial charge on any atom is -0.310 e. The molecule has 5 heterocycles. The van der Waals surface area contributed by atoms with E-state index in [4.69, 9.17) is 0 Å². The Bertz CT molecular complexity index is 3630. The van der Waals surface area contributed by atoms with Crippen LogP contribution >= 0.6 is 0 Å². The number of nitrogens with zero attached hydrogens (tertiary/aromatic N) is 2. The molecule has 0 bridgehead atoms. The van der Waals surface area contributed by atoms with Gasteiger partial charge in [-0.15, -0.1) is 0 Å². The molecule has 0 unspecified atom stereocenters. The molecule has 294 valence electrons. The Morgan fingerprint density at radius 3 is 1.73 bits per heavy atom. The molecule has 0 fully saturated rings. The summed E-state index contributed by atoms with van der Waals surface area (Å²) in [5.41, 5.74) is 32.0. The quantitative estimate of drug-likeness (QED) is 0.157. The molecule has 62 heavy (non-hydrogen) atoms. The minimum atomic E-state index is -0.494. The summed E-state index contributed by atoms with van der Waals surface area (Å²) in [6.45, 7) is 13.7. The van der Waals surface area contributed by atoms with Gasteiger partial charge in [0, 0.05) is 44.1 Å². The predicted octanol–water partition coefficient (Wildman–Crippen LogP) is 12.2. The highest BCUT2D eigenvalue weighted by Gasteiger charge is 2.54. The monoisotopic (exact) mass is 792 g/mol. The Balaban J connectivity index is 1.24. The molecule has 0 amide bonds. The van der Waals surface area contributed by atoms with Crippen LogP contribution in [0, 0.1) is 27.7 Å². The molecule has 0 saturated heterocycles. The third-order valence-corrected chi connectivity index (χ3v) is 15.4. The van der Waals surface area contributed by atoms with Crippen molar-refractivity contribution in [3.63, 3.8) is 0 Å². The lowest BCUT2D eigenvalue weighted by atomic mass is 9.33. The number of aryl methyl sites for hydroxylation is 6. The zero-order valence-corrected chi connectivity index (χ0v) is 36.2. The first kappa shape index (κ1) is 34.8. The van der Waals surface area contributed by atoms with E-state index in [2.05, 4.69) is 190 Å². The Labute approximate surface area is 363 Å². The van der Waals surface area contributed by atoms with Gasteiger partial charge < -0.3 is 9.13 Å². The molecule has 1 aliphatic carbocycles. The molecule has 2 nitrogen and oxygen atoms in total. The third kappa shape index (κ3) is 4.00. The Kier molecular flexibility index (Phi) is 6.60. The van der Waals surface area contributed by atoms with Gasteiger partial charge in [0.2, 0.25) is 0 Å². The van der Waals surface area contributed by atoms with Crippen molar-refractivity contribution in [3.05, 3.63) is 195 Å². The highest BCUT2D eigenvalue weighted by Crippen LogP contribution is 2.62. The molecule has 8 aromatic carbocycles. The van der Waals surface area contributed by atoms with Gasteiger partial charge in [-0.05, 0) is 131 Å². The lowest BCUT2D eigenvalue weighted by Crippen LogP contribution is -2.60. The Morgan fingerprint density at radius 2 is 1.06 bits per heavy atom. The van der Waals surface area contributed by atoms with Crippen LogP contribution in [-0.2, 0) is 18.3 Å². The van der Waals surface area contributed by atoms with Gasteiger partial charge in [-0.3, -0.25) is 0 Å². The fourth-order valence-corrected chi connectivity index (χ4v) is 12.8. The summed E-state index contributed by atoms with van der Waals surface area (Å²) in [5.74, 6) is 0. The van der Waals surface area contributed by atoms with Crippen LogP contribution in [0.5, 0.6) is 0 Å². The summed E-state index contributed by atoms with van der Waals surface area (Å²) in [6.07, 6.45) is 1.97. The van der Waals surface area contributed by atoms with Gasteiger partial charge >= 0.3 is 0 Å². The van der Waals surface area contributed by atoms with Crippen molar-refractivity contribution < 1.29 is 0 Å². The summed E-state index contributed by atoms with van der Waals surface area (Å²) < 4.78 is 5.44. The zero-order valence-electron chi connectivity index (χ0n) is 36.2. The van der Waals surface area contributed by atoms with Gasteiger partial charge in [0.15, 0.2) is 0 Å². The molecule has 0 N–H and O–H groups in total. The van der Waals surface area contributed by atoms with Crippen LogP contribution in [0.1, 0.15) is 69.5 Å². The van der Waals surface area contributed by atoms with Crippen LogP contribution in [0.15, 0.2) is 140 Å². The van der Waals surface area contributed by atoms with E-state index in [0.29, 0.717) is 0 Å². The second kappa shape index (κ2) is 11.7. The molecule has 3 heteroatoms. The average Bonchev–Trinajstić information content (AvgIpc) is 3.91. The van der Waals surface area contributed by atoms with E-state index in [1.54, 1.807) is 0 Å². The van der Waals surface area contributed by atoms with Crippen molar-refractivity contribution in [1.82, 2.24) is 9.13 Å². The summed E-state index contributed by atoms with van der Waals surface area (Å²) >= 11 is 0. The molecular weight excluding hydrogens is 747 g/mol. The highest BCUT2D eigenvalue weighted by atomic mass is 15.1. The largest absolute Gasteiger partial charge is 0.310 e. The minimum absolute atomic E-state index is 0.0632. The normalized spacial score (nSPS) is 14.2. The average molecular weight is 793 g/mol. The predicted molar refractivity (Wildman–Crippen MR) is 262 cm³/mol. The van der Waals surface area contributed by atoms with Crippen molar-refractivity contribution in [2.75, 3.05) is 0 Å². The smallest absolute Gasteiger partial charge is 0.252 e. The second-order valence-corrected chi connectivity index (χ2v) is 18.9. The first-order chi connectivity index (χ1) is 30.3. The van der Waals surface area contributed by atoms with E-state index in [9.17, 15) is 0 Å². The molecule has 14 rings (SSSR count). The molecule has 1 spiro atoms. The van der Waals surface area contributed by atoms with Gasteiger partial charge in [0.1, 0.15) is 0 Å². The maximum Gasteiger partial charge on any atom is 0.252 e. The number of fused-ring (bicyclic) bond motifs is 11. The highest BCUT2D eigenvalue weighted by molar-refractivity contribution is 7.00. The van der Waals surface area contributed by atoms with Gasteiger partial charge in [0.25, 0.3) is 6.71 Å². The first-order valence-electron chi connectivity index (χ1n) is 22.7. The van der Waals surface area contributed by atoms with Gasteiger partial charge in [-0.25, -0.2) is 0 Å². The van der Waals surface area contributed by atoms with E-state index in [1.165, 1.54) is 150 Å². The third-order valence-electron chi connectivity index (χ3n) is 15.4. The number of hydrogen-bond donors (Lipinski definition) is 0. The van der Waals surface area contributed by atoms with E-state index in [1.807, 2.05) is 0 Å². The molecule has 0 atom stereocenters. The lowest BCUT2D eigenvalue weighted by Gasteiger charge is -2.44. The Hall–Kier alpha value is -6.84. The summed E-state index contributed by atoms with van der Waals surface area (Å²) in [5, 5.41) is 4.10. The number of hydrogen-bond acceptors (Lipinski definition) is 0. The fourth-order valence-electron chi connectivity index (χ4n) is 12.8. The summed E-state index contributed by atoms with van der Waals surface area (Å²) in [4.78, 5) is 0.